The number of rotatable bonds is 24. The minimum absolute atomic E-state index is 0.0302. The van der Waals surface area contributed by atoms with E-state index in [0.29, 0.717) is 50.3 Å². The number of aliphatic hydroxyl groups excluding tert-OH is 2. The van der Waals surface area contributed by atoms with Gasteiger partial charge in [0, 0.05) is 66.5 Å². The van der Waals surface area contributed by atoms with E-state index >= 15 is 0 Å². The maximum atomic E-state index is 14.6. The number of carbonyl (C=O) groups is 1. The van der Waals surface area contributed by atoms with Crippen LogP contribution < -0.4 is 9.47 Å². The van der Waals surface area contributed by atoms with Gasteiger partial charge in [-0.25, -0.2) is 0 Å². The van der Waals surface area contributed by atoms with Crippen molar-refractivity contribution in [2.45, 2.75) is 87.9 Å². The van der Waals surface area contributed by atoms with E-state index in [2.05, 4.69) is 30.9 Å². The van der Waals surface area contributed by atoms with Gasteiger partial charge in [-0.3, -0.25) is 14.9 Å². The first kappa shape index (κ1) is 46.6. The van der Waals surface area contributed by atoms with Crippen molar-refractivity contribution in [3.05, 3.63) is 124 Å². The minimum Gasteiger partial charge on any atom is -0.493 e. The third-order valence-electron chi connectivity index (χ3n) is 12.0. The fourth-order valence-corrected chi connectivity index (χ4v) is 10.1. The molecule has 6 rings (SSSR count). The molecule has 0 bridgehead atoms. The van der Waals surface area contributed by atoms with E-state index < -0.39 is 22.7 Å². The Morgan fingerprint density at radius 2 is 1.81 bits per heavy atom. The molecule has 1 amide bonds. The number of benzene rings is 3. The summed E-state index contributed by atoms with van der Waals surface area (Å²) in [6, 6.07) is 21.7. The van der Waals surface area contributed by atoms with Crippen LogP contribution in [-0.4, -0.2) is 88.8 Å². The molecule has 6 atom stereocenters. The Hall–Kier alpha value is -4.95. The van der Waals surface area contributed by atoms with E-state index in [1.165, 1.54) is 23.1 Å². The highest BCUT2D eigenvalue weighted by molar-refractivity contribution is 7.99. The predicted molar refractivity (Wildman–Crippen MR) is 243 cm³/mol. The summed E-state index contributed by atoms with van der Waals surface area (Å²) in [6.45, 7) is 9.55. The normalized spacial score (nSPS) is 23.2. The van der Waals surface area contributed by atoms with E-state index in [0.717, 1.165) is 54.0 Å². The first-order chi connectivity index (χ1) is 30.3. The summed E-state index contributed by atoms with van der Waals surface area (Å²) in [5.74, 6) is 0.0918. The fourth-order valence-electron chi connectivity index (χ4n) is 9.35. The molecule has 62 heavy (non-hydrogen) atoms. The van der Waals surface area contributed by atoms with Gasteiger partial charge in [0.2, 0.25) is 11.7 Å². The Balaban J connectivity index is 1.48. The highest BCUT2D eigenvalue weighted by atomic mass is 32.2. The Labute approximate surface area is 369 Å². The molecule has 1 saturated carbocycles. The molecule has 2 N–H and O–H groups in total. The van der Waals surface area contributed by atoms with Crippen LogP contribution in [0.2, 0.25) is 0 Å². The first-order valence-corrected chi connectivity index (χ1v) is 23.0. The molecule has 0 unspecified atom stereocenters. The molecule has 2 aliphatic carbocycles. The van der Waals surface area contributed by atoms with Gasteiger partial charge in [-0.05, 0) is 111 Å². The zero-order valence-corrected chi connectivity index (χ0v) is 36.8. The Morgan fingerprint density at radius 1 is 1.05 bits per heavy atom. The number of nitro groups is 1. The second-order valence-electron chi connectivity index (χ2n) is 15.9. The molecule has 3 aliphatic rings. The lowest BCUT2D eigenvalue weighted by molar-refractivity contribution is -0.384. The number of unbranched alkanes of at least 4 members (excludes halogenated alkanes) is 2. The summed E-state index contributed by atoms with van der Waals surface area (Å²) in [5, 5.41) is 35.9. The van der Waals surface area contributed by atoms with Gasteiger partial charge in [-0.2, -0.15) is 0 Å². The summed E-state index contributed by atoms with van der Waals surface area (Å²) in [6.07, 6.45) is 12.8. The van der Waals surface area contributed by atoms with Gasteiger partial charge in [0.05, 0.1) is 29.8 Å². The predicted octanol–water partition coefficient (Wildman–Crippen LogP) is 9.37. The van der Waals surface area contributed by atoms with Crippen LogP contribution in [0.4, 0.5) is 5.69 Å². The number of allylic oxidation sites excluding steroid dienone is 1. The quantitative estimate of drug-likeness (QED) is 0.0222. The lowest BCUT2D eigenvalue weighted by atomic mass is 9.55. The molecular formula is C49H61N3O9S. The van der Waals surface area contributed by atoms with Crippen LogP contribution in [0.15, 0.2) is 113 Å². The van der Waals surface area contributed by atoms with Crippen molar-refractivity contribution in [1.82, 2.24) is 4.90 Å². The number of fused-ring (bicyclic) bond motifs is 2. The molecule has 0 aromatic heterocycles. The number of hydrogen-bond donors (Lipinski definition) is 2. The Kier molecular flexibility index (Phi) is 17.2. The molecular weight excluding hydrogens is 807 g/mol. The third kappa shape index (κ3) is 11.0. The van der Waals surface area contributed by atoms with Crippen LogP contribution in [0, 0.1) is 27.9 Å². The Bertz CT molecular complexity index is 2040. The van der Waals surface area contributed by atoms with Crippen LogP contribution in [0.5, 0.6) is 11.5 Å². The van der Waals surface area contributed by atoms with E-state index in [9.17, 15) is 25.1 Å². The van der Waals surface area contributed by atoms with Crippen molar-refractivity contribution in [2.75, 3.05) is 45.3 Å². The number of amides is 1. The minimum atomic E-state index is -1.38. The van der Waals surface area contributed by atoms with Crippen molar-refractivity contribution < 1.29 is 39.0 Å². The highest BCUT2D eigenvalue weighted by Gasteiger charge is 2.65. The lowest BCUT2D eigenvalue weighted by Crippen LogP contribution is -2.70. The van der Waals surface area contributed by atoms with Gasteiger partial charge < -0.3 is 34.2 Å². The van der Waals surface area contributed by atoms with E-state index in [-0.39, 0.29) is 55.6 Å². The number of nitro benzene ring substituents is 1. The van der Waals surface area contributed by atoms with E-state index in [1.54, 1.807) is 36.0 Å². The second kappa shape index (κ2) is 22.9. The SMILES string of the molecule is C=CCO[C@@]12Oc3ccc(OCCSc4ccccc4)cc3[C@H]3[C@H](CCCCO)[C@@H](CCCCO)C=C(C(=NOCC)C[C@@H]1N(CCC)C(=O)C=Cc1ccc([N+](=O)[O-])cc1)[C@H]32. The summed E-state index contributed by atoms with van der Waals surface area (Å²) in [5.41, 5.74) is 3.32. The van der Waals surface area contributed by atoms with Gasteiger partial charge in [0.15, 0.2) is 0 Å². The maximum Gasteiger partial charge on any atom is 0.269 e. The fraction of sp³-hybridized carbons (Fsp3) is 0.469. The highest BCUT2D eigenvalue weighted by Crippen LogP contribution is 2.62. The average Bonchev–Trinajstić information content (AvgIpc) is 3.29. The molecule has 0 radical (unpaired) electrons. The number of thioether (sulfide) groups is 1. The third-order valence-corrected chi connectivity index (χ3v) is 12.9. The van der Waals surface area contributed by atoms with E-state index in [4.69, 9.17) is 24.2 Å². The van der Waals surface area contributed by atoms with Crippen molar-refractivity contribution >= 4 is 35.1 Å². The van der Waals surface area contributed by atoms with Crippen LogP contribution in [-0.2, 0) is 14.4 Å². The number of oxime groups is 1. The van der Waals surface area contributed by atoms with E-state index in [1.807, 2.05) is 49.1 Å². The monoisotopic (exact) mass is 867 g/mol. The smallest absolute Gasteiger partial charge is 0.269 e. The molecule has 0 spiro atoms. The molecule has 0 saturated heterocycles. The lowest BCUT2D eigenvalue weighted by Gasteiger charge is -2.60. The van der Waals surface area contributed by atoms with Crippen molar-refractivity contribution in [1.29, 1.82) is 0 Å². The first-order valence-electron chi connectivity index (χ1n) is 22.0. The number of nitrogens with zero attached hydrogens (tertiary/aromatic N) is 3. The largest absolute Gasteiger partial charge is 0.493 e. The van der Waals surface area contributed by atoms with Crippen LogP contribution >= 0.6 is 11.8 Å². The van der Waals surface area contributed by atoms with Crippen LogP contribution in [0.1, 0.15) is 82.3 Å². The summed E-state index contributed by atoms with van der Waals surface area (Å²) >= 11 is 1.74. The van der Waals surface area contributed by atoms with Crippen molar-refractivity contribution in [3.63, 3.8) is 0 Å². The summed E-state index contributed by atoms with van der Waals surface area (Å²) in [7, 11) is 0. The topological polar surface area (TPSA) is 153 Å². The van der Waals surface area contributed by atoms with Gasteiger partial charge in [0.1, 0.15) is 24.1 Å². The van der Waals surface area contributed by atoms with Crippen molar-refractivity contribution in [2.24, 2.45) is 22.9 Å². The molecule has 1 heterocycles. The van der Waals surface area contributed by atoms with Crippen molar-refractivity contribution in [3.8, 4) is 11.5 Å². The zero-order chi connectivity index (χ0) is 43.9. The summed E-state index contributed by atoms with van der Waals surface area (Å²) < 4.78 is 20.8. The zero-order valence-electron chi connectivity index (χ0n) is 35.9. The molecule has 3 aromatic carbocycles. The number of carbonyl (C=O) groups excluding carboxylic acids is 1. The number of non-ortho nitro benzene ring substituents is 1. The number of ether oxygens (including phenoxy) is 3. The summed E-state index contributed by atoms with van der Waals surface area (Å²) in [4.78, 5) is 34.3. The molecule has 1 aliphatic heterocycles. The molecule has 3 aromatic rings. The van der Waals surface area contributed by atoms with Crippen LogP contribution in [0.3, 0.4) is 0 Å². The van der Waals surface area contributed by atoms with Gasteiger partial charge in [-0.1, -0.05) is 55.3 Å². The van der Waals surface area contributed by atoms with Crippen LogP contribution in [0.25, 0.3) is 6.08 Å². The molecule has 332 valence electrons. The van der Waals surface area contributed by atoms with Gasteiger partial charge in [0.25, 0.3) is 5.69 Å². The molecule has 1 fully saturated rings. The maximum absolute atomic E-state index is 14.6. The number of aliphatic hydroxyl groups is 2. The molecule has 12 nitrogen and oxygen atoms in total. The molecule has 13 heteroatoms. The second-order valence-corrected chi connectivity index (χ2v) is 17.1. The van der Waals surface area contributed by atoms with Gasteiger partial charge >= 0.3 is 0 Å². The standard InChI is InChI=1S/C49H61N3O9S/c1-4-26-51(46(55)25-20-35-18-21-37(22-19-35)52(56)57)45-34-43(50-60-6-3)41-32-36(14-10-12-27-53)40(17-11-13-28-54)47-42-33-38(58-30-31-62-39-15-8-7-9-16-39)23-24-44(42)61-49(45,48(41)47)59-29-5-2/h5,7-9,15-16,18-25,32-33,36,40,45,47-48,53-54H,2,4,6,10-14,17,26-31,34H2,1,3H3/t36-,40+,45-,47+,48+,49+/m0/s1. The Morgan fingerprint density at radius 3 is 2.50 bits per heavy atom. The van der Waals surface area contributed by atoms with Gasteiger partial charge in [-0.15, -0.1) is 18.3 Å². The number of hydrogen-bond acceptors (Lipinski definition) is 11. The average molecular weight is 868 g/mol.